The summed E-state index contributed by atoms with van der Waals surface area (Å²) in [6, 6.07) is 5.99. The summed E-state index contributed by atoms with van der Waals surface area (Å²) in [6.07, 6.45) is 7.07. The van der Waals surface area contributed by atoms with Crippen LogP contribution in [0.25, 0.3) is 11.7 Å². The van der Waals surface area contributed by atoms with Crippen molar-refractivity contribution in [3.05, 3.63) is 47.1 Å². The van der Waals surface area contributed by atoms with Crippen LogP contribution in [0.1, 0.15) is 12.6 Å². The van der Waals surface area contributed by atoms with Crippen molar-refractivity contribution in [2.45, 2.75) is 11.9 Å². The Kier molecular flexibility index (Phi) is 3.13. The molecule has 2 aromatic rings. The summed E-state index contributed by atoms with van der Waals surface area (Å²) >= 11 is 1.60. The molecule has 0 aromatic carbocycles. The van der Waals surface area contributed by atoms with Crippen molar-refractivity contribution in [1.82, 2.24) is 9.38 Å². The molecule has 5 heteroatoms. The first kappa shape index (κ1) is 12.0. The largest absolute Gasteiger partial charge is 0.463 e. The highest BCUT2D eigenvalue weighted by molar-refractivity contribution is 8.03. The first-order valence-corrected chi connectivity index (χ1v) is 6.80. The number of esters is 1. The third-order valence-corrected chi connectivity index (χ3v) is 3.72. The first-order valence-electron chi connectivity index (χ1n) is 5.99. The third kappa shape index (κ3) is 2.29. The van der Waals surface area contributed by atoms with E-state index in [4.69, 9.17) is 4.74 Å². The topological polar surface area (TPSA) is 43.6 Å². The zero-order chi connectivity index (χ0) is 13.2. The van der Waals surface area contributed by atoms with Crippen molar-refractivity contribution in [2.75, 3.05) is 6.61 Å². The predicted molar refractivity (Wildman–Crippen MR) is 74.8 cm³/mol. The molecule has 96 valence electrons. The number of imidazole rings is 1. The molecule has 0 amide bonds. The molecule has 1 aliphatic heterocycles. The number of nitrogens with zero attached hydrogens (tertiary/aromatic N) is 2. The van der Waals surface area contributed by atoms with Crippen molar-refractivity contribution >= 4 is 29.5 Å². The Morgan fingerprint density at radius 3 is 3.26 bits per heavy atom. The second-order valence-electron chi connectivity index (χ2n) is 3.97. The van der Waals surface area contributed by atoms with Crippen LogP contribution in [0.3, 0.4) is 0 Å². The number of ether oxygens (including phenoxy) is 1. The Balaban J connectivity index is 1.91. The maximum Gasteiger partial charge on any atom is 0.330 e. The van der Waals surface area contributed by atoms with Gasteiger partial charge in [-0.2, -0.15) is 0 Å². The monoisotopic (exact) mass is 272 g/mol. The van der Waals surface area contributed by atoms with Gasteiger partial charge in [0.1, 0.15) is 5.65 Å². The number of pyridine rings is 1. The Bertz CT molecular complexity index is 701. The van der Waals surface area contributed by atoms with Crippen LogP contribution < -0.4 is 0 Å². The van der Waals surface area contributed by atoms with E-state index in [2.05, 4.69) is 9.38 Å². The molecule has 0 N–H and O–H groups in total. The molecule has 0 spiro atoms. The maximum atomic E-state index is 11.3. The quantitative estimate of drug-likeness (QED) is 0.636. The van der Waals surface area contributed by atoms with Gasteiger partial charge in [-0.15, -0.1) is 0 Å². The van der Waals surface area contributed by atoms with Gasteiger partial charge in [0.25, 0.3) is 0 Å². The van der Waals surface area contributed by atoms with E-state index in [0.717, 1.165) is 21.3 Å². The minimum atomic E-state index is -0.318. The average molecular weight is 272 g/mol. The molecule has 0 saturated carbocycles. The van der Waals surface area contributed by atoms with Gasteiger partial charge in [0.2, 0.25) is 0 Å². The van der Waals surface area contributed by atoms with Gasteiger partial charge in [-0.1, -0.05) is 17.8 Å². The lowest BCUT2D eigenvalue weighted by molar-refractivity contribution is -0.137. The number of allylic oxidation sites excluding steroid dienone is 1. The average Bonchev–Trinajstić information content (AvgIpc) is 2.82. The van der Waals surface area contributed by atoms with E-state index < -0.39 is 0 Å². The fourth-order valence-corrected chi connectivity index (χ4v) is 2.92. The molecule has 4 nitrogen and oxygen atoms in total. The number of carbonyl (C=O) groups excluding carboxylic acids is 1. The molecule has 0 atom stereocenters. The number of hydrogen-bond donors (Lipinski definition) is 0. The van der Waals surface area contributed by atoms with Gasteiger partial charge < -0.3 is 4.74 Å². The smallest absolute Gasteiger partial charge is 0.330 e. The fraction of sp³-hybridized carbons (Fsp3) is 0.143. The lowest BCUT2D eigenvalue weighted by Crippen LogP contribution is -2.00. The molecule has 0 aliphatic carbocycles. The predicted octanol–water partition coefficient (Wildman–Crippen LogP) is 2.90. The summed E-state index contributed by atoms with van der Waals surface area (Å²) in [5, 5.41) is 1.09. The molecule has 2 aromatic heterocycles. The molecule has 0 bridgehead atoms. The van der Waals surface area contributed by atoms with E-state index in [1.807, 2.05) is 30.5 Å². The normalized spacial score (nSPS) is 13.8. The fourth-order valence-electron chi connectivity index (χ4n) is 1.93. The summed E-state index contributed by atoms with van der Waals surface area (Å²) in [6.45, 7) is 2.18. The number of carbonyl (C=O) groups is 1. The van der Waals surface area contributed by atoms with Crippen LogP contribution in [0.5, 0.6) is 0 Å². The molecular weight excluding hydrogens is 260 g/mol. The minimum Gasteiger partial charge on any atom is -0.463 e. The summed E-state index contributed by atoms with van der Waals surface area (Å²) < 4.78 is 6.95. The van der Waals surface area contributed by atoms with Crippen molar-refractivity contribution < 1.29 is 9.53 Å². The number of thioether (sulfide) groups is 1. The van der Waals surface area contributed by atoms with Gasteiger partial charge in [-0.3, -0.25) is 4.40 Å². The number of rotatable bonds is 3. The van der Waals surface area contributed by atoms with Crippen LogP contribution in [-0.2, 0) is 9.53 Å². The lowest BCUT2D eigenvalue weighted by Gasteiger charge is -2.12. The van der Waals surface area contributed by atoms with Gasteiger partial charge in [-0.05, 0) is 31.2 Å². The zero-order valence-corrected chi connectivity index (χ0v) is 11.2. The van der Waals surface area contributed by atoms with Crippen molar-refractivity contribution in [3.8, 4) is 0 Å². The third-order valence-electron chi connectivity index (χ3n) is 2.70. The minimum absolute atomic E-state index is 0.318. The zero-order valence-electron chi connectivity index (χ0n) is 10.4. The highest BCUT2D eigenvalue weighted by Gasteiger charge is 2.13. The number of aromatic nitrogens is 2. The van der Waals surface area contributed by atoms with E-state index in [0.29, 0.717) is 6.61 Å². The van der Waals surface area contributed by atoms with Crippen LogP contribution in [0, 0.1) is 0 Å². The highest BCUT2D eigenvalue weighted by atomic mass is 32.2. The molecule has 0 fully saturated rings. The van der Waals surface area contributed by atoms with Gasteiger partial charge in [0.15, 0.2) is 0 Å². The second-order valence-corrected chi connectivity index (χ2v) is 5.07. The van der Waals surface area contributed by atoms with E-state index in [9.17, 15) is 4.79 Å². The summed E-state index contributed by atoms with van der Waals surface area (Å²) in [5.74, 6) is -0.318. The van der Waals surface area contributed by atoms with Crippen molar-refractivity contribution in [1.29, 1.82) is 0 Å². The van der Waals surface area contributed by atoms with E-state index in [1.165, 1.54) is 6.08 Å². The molecule has 3 heterocycles. The van der Waals surface area contributed by atoms with Gasteiger partial charge >= 0.3 is 5.97 Å². The highest BCUT2D eigenvalue weighted by Crippen LogP contribution is 2.34. The van der Waals surface area contributed by atoms with E-state index >= 15 is 0 Å². The van der Waals surface area contributed by atoms with Crippen LogP contribution in [0.15, 0.2) is 46.5 Å². The van der Waals surface area contributed by atoms with Crippen molar-refractivity contribution in [3.63, 3.8) is 0 Å². The summed E-state index contributed by atoms with van der Waals surface area (Å²) in [4.78, 5) is 16.6. The Labute approximate surface area is 114 Å². The van der Waals surface area contributed by atoms with Gasteiger partial charge in [0.05, 0.1) is 23.5 Å². The number of hydrogen-bond acceptors (Lipinski definition) is 4. The second kappa shape index (κ2) is 4.93. The van der Waals surface area contributed by atoms with Crippen LogP contribution in [0.4, 0.5) is 0 Å². The van der Waals surface area contributed by atoms with Crippen LogP contribution in [-0.4, -0.2) is 22.0 Å². The summed E-state index contributed by atoms with van der Waals surface area (Å²) in [7, 11) is 0. The van der Waals surface area contributed by atoms with Gasteiger partial charge in [0, 0.05) is 11.0 Å². The molecule has 1 aliphatic rings. The van der Waals surface area contributed by atoms with E-state index in [-0.39, 0.29) is 5.97 Å². The first-order chi connectivity index (χ1) is 9.28. The molecule has 3 rings (SSSR count). The van der Waals surface area contributed by atoms with Crippen LogP contribution >= 0.6 is 11.8 Å². The molecule has 19 heavy (non-hydrogen) atoms. The molecule has 0 radical (unpaired) electrons. The Morgan fingerprint density at radius 1 is 1.53 bits per heavy atom. The van der Waals surface area contributed by atoms with Crippen LogP contribution in [0.2, 0.25) is 0 Å². The SMILES string of the molecule is CCOC(=O)C=CC1=Cc2cnc3cccc(n23)S1. The van der Waals surface area contributed by atoms with Crippen molar-refractivity contribution in [2.24, 2.45) is 0 Å². The maximum absolute atomic E-state index is 11.3. The summed E-state index contributed by atoms with van der Waals surface area (Å²) in [5.41, 5.74) is 1.96. The molecule has 0 saturated heterocycles. The van der Waals surface area contributed by atoms with Gasteiger partial charge in [-0.25, -0.2) is 9.78 Å². The standard InChI is InChI=1S/C14H12N2O2S/c1-2-18-14(17)7-6-11-8-10-9-15-12-4-3-5-13(19-11)16(10)12/h3-9H,2H2,1H3. The molecule has 0 unspecified atom stereocenters. The Hall–Kier alpha value is -2.01. The molecular formula is C14H12N2O2S. The Morgan fingerprint density at radius 2 is 2.42 bits per heavy atom. The lowest BCUT2D eigenvalue weighted by atomic mass is 10.3. The van der Waals surface area contributed by atoms with E-state index in [1.54, 1.807) is 24.8 Å².